The van der Waals surface area contributed by atoms with Crippen LogP contribution in [-0.2, 0) is 12.6 Å². The standard InChI is InChI=1S/C23H17ClF3N3S/c1-13(14-6-8-19-16(10-14)11-15-4-2-3-5-18(15)19)29-30-22(31)28-21-12-17(23(25,26)27)7-9-20(21)24/h2-10,12H,11H2,1H3,(H2,28,30,31)/b29-13+. The van der Waals surface area contributed by atoms with Crippen LogP contribution in [0.2, 0.25) is 5.02 Å². The molecule has 8 heteroatoms. The van der Waals surface area contributed by atoms with Gasteiger partial charge in [-0.2, -0.15) is 18.3 Å². The molecule has 0 aliphatic heterocycles. The van der Waals surface area contributed by atoms with E-state index in [1.54, 1.807) is 0 Å². The molecule has 1 aliphatic carbocycles. The molecular weight excluding hydrogens is 443 g/mol. The van der Waals surface area contributed by atoms with Crippen LogP contribution < -0.4 is 10.7 Å². The minimum Gasteiger partial charge on any atom is -0.330 e. The molecule has 0 bridgehead atoms. The van der Waals surface area contributed by atoms with Crippen LogP contribution in [0.15, 0.2) is 65.8 Å². The number of hydrazone groups is 1. The van der Waals surface area contributed by atoms with Crippen molar-refractivity contribution in [3.63, 3.8) is 0 Å². The highest BCUT2D eigenvalue weighted by molar-refractivity contribution is 7.80. The van der Waals surface area contributed by atoms with E-state index in [4.69, 9.17) is 23.8 Å². The summed E-state index contributed by atoms with van der Waals surface area (Å²) in [6.07, 6.45) is -3.61. The van der Waals surface area contributed by atoms with Gasteiger partial charge in [0.05, 0.1) is 22.0 Å². The number of hydrogen-bond acceptors (Lipinski definition) is 2. The summed E-state index contributed by atoms with van der Waals surface area (Å²) in [5, 5.41) is 7.09. The monoisotopic (exact) mass is 459 g/mol. The average molecular weight is 460 g/mol. The molecule has 3 aromatic carbocycles. The Kier molecular flexibility index (Phi) is 5.73. The molecule has 0 spiro atoms. The number of fused-ring (bicyclic) bond motifs is 3. The summed E-state index contributed by atoms with van der Waals surface area (Å²) in [7, 11) is 0. The van der Waals surface area contributed by atoms with Crippen molar-refractivity contribution >= 4 is 40.3 Å². The number of rotatable bonds is 3. The molecule has 31 heavy (non-hydrogen) atoms. The smallest absolute Gasteiger partial charge is 0.330 e. The zero-order valence-corrected chi connectivity index (χ0v) is 17.9. The fourth-order valence-corrected chi connectivity index (χ4v) is 3.84. The van der Waals surface area contributed by atoms with Gasteiger partial charge in [0.15, 0.2) is 5.11 Å². The van der Waals surface area contributed by atoms with Crippen molar-refractivity contribution in [2.24, 2.45) is 5.10 Å². The van der Waals surface area contributed by atoms with Crippen LogP contribution in [0.4, 0.5) is 18.9 Å². The Labute approximate surface area is 187 Å². The molecule has 0 aromatic heterocycles. The van der Waals surface area contributed by atoms with E-state index in [1.165, 1.54) is 28.3 Å². The summed E-state index contributed by atoms with van der Waals surface area (Å²) in [5.41, 5.74) is 8.52. The molecule has 0 fully saturated rings. The molecule has 0 amide bonds. The summed E-state index contributed by atoms with van der Waals surface area (Å²) >= 11 is 11.1. The number of halogens is 4. The molecule has 0 radical (unpaired) electrons. The summed E-state index contributed by atoms with van der Waals surface area (Å²) < 4.78 is 38.8. The number of nitrogens with zero attached hydrogens (tertiary/aromatic N) is 1. The Morgan fingerprint density at radius 3 is 2.52 bits per heavy atom. The summed E-state index contributed by atoms with van der Waals surface area (Å²) in [6, 6.07) is 17.5. The number of hydrogen-bond donors (Lipinski definition) is 2. The minimum absolute atomic E-state index is 0.0362. The van der Waals surface area contributed by atoms with Crippen LogP contribution in [0.3, 0.4) is 0 Å². The molecule has 0 saturated carbocycles. The highest BCUT2D eigenvalue weighted by Crippen LogP contribution is 2.37. The van der Waals surface area contributed by atoms with Crippen molar-refractivity contribution in [2.45, 2.75) is 19.5 Å². The van der Waals surface area contributed by atoms with Gasteiger partial charge in [0.25, 0.3) is 0 Å². The second kappa shape index (κ2) is 8.32. The van der Waals surface area contributed by atoms with Crippen LogP contribution >= 0.6 is 23.8 Å². The zero-order valence-electron chi connectivity index (χ0n) is 16.3. The fourth-order valence-electron chi connectivity index (χ4n) is 3.52. The second-order valence-electron chi connectivity index (χ2n) is 7.16. The first-order valence-electron chi connectivity index (χ1n) is 9.42. The second-order valence-corrected chi connectivity index (χ2v) is 7.98. The first-order chi connectivity index (χ1) is 14.7. The lowest BCUT2D eigenvalue weighted by molar-refractivity contribution is -0.137. The Bertz CT molecular complexity index is 1200. The normalized spacial score (nSPS) is 12.9. The SMILES string of the molecule is C/C(=N\NC(=S)Nc1cc(C(F)(F)F)ccc1Cl)c1ccc2c(c1)Cc1ccccc1-2. The lowest BCUT2D eigenvalue weighted by Gasteiger charge is -2.13. The molecule has 4 rings (SSSR count). The quantitative estimate of drug-likeness (QED) is 0.205. The van der Waals surface area contributed by atoms with Gasteiger partial charge in [-0.1, -0.05) is 48.0 Å². The third-order valence-corrected chi connectivity index (χ3v) is 5.60. The van der Waals surface area contributed by atoms with E-state index in [-0.39, 0.29) is 15.8 Å². The molecule has 158 valence electrons. The van der Waals surface area contributed by atoms with Crippen molar-refractivity contribution in [1.29, 1.82) is 0 Å². The maximum absolute atomic E-state index is 12.9. The van der Waals surface area contributed by atoms with Gasteiger partial charge < -0.3 is 5.32 Å². The van der Waals surface area contributed by atoms with Gasteiger partial charge in [0.2, 0.25) is 0 Å². The highest BCUT2D eigenvalue weighted by atomic mass is 35.5. The van der Waals surface area contributed by atoms with Gasteiger partial charge in [-0.25, -0.2) is 0 Å². The molecule has 0 atom stereocenters. The number of nitrogens with one attached hydrogen (secondary N) is 2. The fraction of sp³-hybridized carbons (Fsp3) is 0.130. The predicted molar refractivity (Wildman–Crippen MR) is 123 cm³/mol. The Hall–Kier alpha value is -2.90. The summed E-state index contributed by atoms with van der Waals surface area (Å²) in [6.45, 7) is 1.83. The Morgan fingerprint density at radius 1 is 1.00 bits per heavy atom. The average Bonchev–Trinajstić information content (AvgIpc) is 3.10. The first-order valence-corrected chi connectivity index (χ1v) is 10.2. The van der Waals surface area contributed by atoms with Gasteiger partial charge in [0, 0.05) is 0 Å². The maximum Gasteiger partial charge on any atom is 0.416 e. The number of alkyl halides is 3. The van der Waals surface area contributed by atoms with Crippen LogP contribution in [0.1, 0.15) is 29.2 Å². The van der Waals surface area contributed by atoms with E-state index < -0.39 is 11.7 Å². The van der Waals surface area contributed by atoms with Crippen molar-refractivity contribution in [3.05, 3.63) is 87.9 Å². The molecule has 0 heterocycles. The van der Waals surface area contributed by atoms with E-state index in [0.717, 1.165) is 24.1 Å². The van der Waals surface area contributed by atoms with Crippen LogP contribution in [0.5, 0.6) is 0 Å². The van der Waals surface area contributed by atoms with E-state index in [2.05, 4.69) is 40.1 Å². The van der Waals surface area contributed by atoms with Crippen LogP contribution in [0.25, 0.3) is 11.1 Å². The zero-order chi connectivity index (χ0) is 22.2. The van der Waals surface area contributed by atoms with Crippen molar-refractivity contribution in [3.8, 4) is 11.1 Å². The molecular formula is C23H17ClF3N3S. The molecule has 0 unspecified atom stereocenters. The van der Waals surface area contributed by atoms with Gasteiger partial charge >= 0.3 is 6.18 Å². The first kappa shape index (κ1) is 21.3. The third-order valence-electron chi connectivity index (χ3n) is 5.08. The Balaban J connectivity index is 1.46. The van der Waals surface area contributed by atoms with Crippen LogP contribution in [0, 0.1) is 0 Å². The van der Waals surface area contributed by atoms with E-state index in [9.17, 15) is 13.2 Å². The molecule has 0 saturated heterocycles. The molecule has 1 aliphatic rings. The number of anilines is 1. The predicted octanol–water partition coefficient (Wildman–Crippen LogP) is 6.64. The number of benzene rings is 3. The van der Waals surface area contributed by atoms with E-state index in [1.807, 2.05) is 25.1 Å². The minimum atomic E-state index is -4.47. The van der Waals surface area contributed by atoms with Gasteiger partial charge in [-0.15, -0.1) is 0 Å². The van der Waals surface area contributed by atoms with Gasteiger partial charge in [-0.05, 0) is 77.6 Å². The largest absolute Gasteiger partial charge is 0.416 e. The van der Waals surface area contributed by atoms with E-state index in [0.29, 0.717) is 5.71 Å². The third kappa shape index (κ3) is 4.57. The van der Waals surface area contributed by atoms with Crippen molar-refractivity contribution in [2.75, 3.05) is 5.32 Å². The highest BCUT2D eigenvalue weighted by Gasteiger charge is 2.31. The van der Waals surface area contributed by atoms with Crippen LogP contribution in [-0.4, -0.2) is 10.8 Å². The Morgan fingerprint density at radius 2 is 1.74 bits per heavy atom. The van der Waals surface area contributed by atoms with Crippen molar-refractivity contribution in [1.82, 2.24) is 5.43 Å². The summed E-state index contributed by atoms with van der Waals surface area (Å²) in [5.74, 6) is 0. The lowest BCUT2D eigenvalue weighted by atomic mass is 10.0. The lowest BCUT2D eigenvalue weighted by Crippen LogP contribution is -2.25. The van der Waals surface area contributed by atoms with E-state index >= 15 is 0 Å². The van der Waals surface area contributed by atoms with Gasteiger partial charge in [-0.3, -0.25) is 5.43 Å². The maximum atomic E-state index is 12.9. The molecule has 2 N–H and O–H groups in total. The molecule has 3 nitrogen and oxygen atoms in total. The number of thiocarbonyl (C=S) groups is 1. The summed E-state index contributed by atoms with van der Waals surface area (Å²) in [4.78, 5) is 0. The molecule has 3 aromatic rings. The van der Waals surface area contributed by atoms with Gasteiger partial charge in [0.1, 0.15) is 0 Å². The van der Waals surface area contributed by atoms with Crippen molar-refractivity contribution < 1.29 is 13.2 Å². The topological polar surface area (TPSA) is 36.4 Å².